The predicted molar refractivity (Wildman–Crippen MR) is 94.2 cm³/mol. The van der Waals surface area contributed by atoms with Gasteiger partial charge in [0.1, 0.15) is 11.6 Å². The van der Waals surface area contributed by atoms with Crippen LogP contribution >= 0.6 is 27.5 Å². The van der Waals surface area contributed by atoms with Gasteiger partial charge in [-0.2, -0.15) is 0 Å². The Balaban J connectivity index is 1.83. The highest BCUT2D eigenvalue weighted by Crippen LogP contribution is 2.49. The molecule has 6 heteroatoms. The van der Waals surface area contributed by atoms with Crippen LogP contribution in [0.25, 0.3) is 0 Å². The molecule has 4 rings (SSSR count). The topological polar surface area (TPSA) is 30.5 Å². The predicted octanol–water partition coefficient (Wildman–Crippen LogP) is 4.06. The molecule has 2 aromatic carbocycles. The van der Waals surface area contributed by atoms with E-state index in [0.29, 0.717) is 29.9 Å². The molecule has 24 heavy (non-hydrogen) atoms. The van der Waals surface area contributed by atoms with Crippen molar-refractivity contribution >= 4 is 27.5 Å². The average Bonchev–Trinajstić information content (AvgIpc) is 3.02. The molecular weight excluding hydrogens is 397 g/mol. The van der Waals surface area contributed by atoms with Crippen molar-refractivity contribution in [3.05, 3.63) is 62.8 Å². The third kappa shape index (κ3) is 2.54. The molecule has 0 aromatic heterocycles. The van der Waals surface area contributed by atoms with Crippen molar-refractivity contribution in [3.8, 4) is 5.75 Å². The average molecular weight is 413 g/mol. The van der Waals surface area contributed by atoms with Crippen molar-refractivity contribution in [2.75, 3.05) is 19.8 Å². The molecule has 1 N–H and O–H groups in total. The molecule has 0 spiro atoms. The molecule has 0 amide bonds. The largest absolute Gasteiger partial charge is 0.480 e. The Morgan fingerprint density at radius 2 is 2.08 bits per heavy atom. The second-order valence-electron chi connectivity index (χ2n) is 6.08. The fraction of sp³-hybridized carbons (Fsp3) is 0.333. The van der Waals surface area contributed by atoms with Gasteiger partial charge in [0, 0.05) is 29.1 Å². The van der Waals surface area contributed by atoms with Gasteiger partial charge in [0.15, 0.2) is 5.60 Å². The standard InChI is InChI=1S/C18H16BrClFNO2/c19-16-12-9-18(11-4-2-1-3-5-11,15-10-23-7-6-22-15)24-14(12)8-13(21)17(16)20/h1-5,8,15,22H,6-7,9-10H2. The van der Waals surface area contributed by atoms with Crippen LogP contribution in [0.2, 0.25) is 5.02 Å². The summed E-state index contributed by atoms with van der Waals surface area (Å²) in [7, 11) is 0. The molecule has 1 fully saturated rings. The number of hydrogen-bond donors (Lipinski definition) is 1. The Morgan fingerprint density at radius 3 is 2.79 bits per heavy atom. The van der Waals surface area contributed by atoms with Crippen molar-refractivity contribution < 1.29 is 13.9 Å². The quantitative estimate of drug-likeness (QED) is 0.755. The smallest absolute Gasteiger partial charge is 0.156 e. The Kier molecular flexibility index (Phi) is 4.29. The summed E-state index contributed by atoms with van der Waals surface area (Å²) in [5, 5.41) is 3.58. The second-order valence-corrected chi connectivity index (χ2v) is 7.25. The van der Waals surface area contributed by atoms with Crippen LogP contribution in [0.3, 0.4) is 0 Å². The zero-order valence-electron chi connectivity index (χ0n) is 12.8. The van der Waals surface area contributed by atoms with Crippen molar-refractivity contribution in [2.45, 2.75) is 18.1 Å². The van der Waals surface area contributed by atoms with Crippen molar-refractivity contribution in [2.24, 2.45) is 0 Å². The first kappa shape index (κ1) is 16.3. The Bertz CT molecular complexity index is 767. The fourth-order valence-electron chi connectivity index (χ4n) is 3.50. The van der Waals surface area contributed by atoms with Gasteiger partial charge in [-0.25, -0.2) is 4.39 Å². The van der Waals surface area contributed by atoms with Gasteiger partial charge in [0.2, 0.25) is 0 Å². The normalized spacial score (nSPS) is 26.0. The number of nitrogens with one attached hydrogen (secondary N) is 1. The summed E-state index contributed by atoms with van der Waals surface area (Å²) in [6.07, 6.45) is 0.591. The highest BCUT2D eigenvalue weighted by atomic mass is 79.9. The maximum absolute atomic E-state index is 14.0. The monoisotopic (exact) mass is 411 g/mol. The molecule has 2 aromatic rings. The number of morpholine rings is 1. The summed E-state index contributed by atoms with van der Waals surface area (Å²) in [5.74, 6) is 0.0407. The third-order valence-corrected chi connectivity index (χ3v) is 6.17. The maximum atomic E-state index is 14.0. The minimum atomic E-state index is -0.649. The number of halogens is 3. The highest BCUT2D eigenvalue weighted by Gasteiger charge is 2.49. The second kappa shape index (κ2) is 6.30. The van der Waals surface area contributed by atoms with E-state index in [2.05, 4.69) is 21.2 Å². The number of ether oxygens (including phenoxy) is 2. The van der Waals surface area contributed by atoms with Crippen LogP contribution in [0, 0.1) is 5.82 Å². The molecule has 1 saturated heterocycles. The lowest BCUT2D eigenvalue weighted by atomic mass is 9.82. The van der Waals surface area contributed by atoms with E-state index >= 15 is 0 Å². The molecule has 2 aliphatic heterocycles. The maximum Gasteiger partial charge on any atom is 0.156 e. The molecule has 0 saturated carbocycles. The van der Waals surface area contributed by atoms with Crippen LogP contribution in [-0.2, 0) is 16.8 Å². The van der Waals surface area contributed by atoms with Crippen LogP contribution < -0.4 is 10.1 Å². The van der Waals surface area contributed by atoms with Crippen LogP contribution in [0.1, 0.15) is 11.1 Å². The molecule has 2 unspecified atom stereocenters. The first-order chi connectivity index (χ1) is 11.6. The van der Waals surface area contributed by atoms with E-state index in [1.54, 1.807) is 0 Å². The van der Waals surface area contributed by atoms with E-state index < -0.39 is 11.4 Å². The number of rotatable bonds is 2. The molecule has 3 nitrogen and oxygen atoms in total. The summed E-state index contributed by atoms with van der Waals surface area (Å²) < 4.78 is 26.6. The van der Waals surface area contributed by atoms with Crippen LogP contribution in [0.15, 0.2) is 40.9 Å². The number of hydrogen-bond acceptors (Lipinski definition) is 3. The van der Waals surface area contributed by atoms with Gasteiger partial charge in [-0.05, 0) is 21.5 Å². The van der Waals surface area contributed by atoms with E-state index in [0.717, 1.165) is 17.7 Å². The van der Waals surface area contributed by atoms with Gasteiger partial charge in [-0.3, -0.25) is 0 Å². The zero-order chi connectivity index (χ0) is 16.7. The lowest BCUT2D eigenvalue weighted by molar-refractivity contribution is -0.0260. The van der Waals surface area contributed by atoms with Gasteiger partial charge in [0.05, 0.1) is 24.3 Å². The summed E-state index contributed by atoms with van der Waals surface area (Å²) in [6.45, 7) is 1.98. The molecule has 0 bridgehead atoms. The Hall–Kier alpha value is -1.14. The van der Waals surface area contributed by atoms with Crippen molar-refractivity contribution in [1.82, 2.24) is 5.32 Å². The van der Waals surface area contributed by atoms with Gasteiger partial charge in [0.25, 0.3) is 0 Å². The summed E-state index contributed by atoms with van der Waals surface area (Å²) >= 11 is 9.50. The number of benzene rings is 2. The minimum absolute atomic E-state index is 0.0326. The van der Waals surface area contributed by atoms with Crippen LogP contribution in [0.5, 0.6) is 5.75 Å². The van der Waals surface area contributed by atoms with E-state index in [1.807, 2.05) is 30.3 Å². The molecule has 0 radical (unpaired) electrons. The molecule has 126 valence electrons. The zero-order valence-corrected chi connectivity index (χ0v) is 15.2. The van der Waals surface area contributed by atoms with Gasteiger partial charge < -0.3 is 14.8 Å². The third-order valence-electron chi connectivity index (χ3n) is 4.70. The van der Waals surface area contributed by atoms with E-state index in [9.17, 15) is 4.39 Å². The van der Waals surface area contributed by atoms with Crippen LogP contribution in [-0.4, -0.2) is 25.8 Å². The summed E-state index contributed by atoms with van der Waals surface area (Å²) in [5.41, 5.74) is 1.27. The van der Waals surface area contributed by atoms with Crippen molar-refractivity contribution in [1.29, 1.82) is 0 Å². The van der Waals surface area contributed by atoms with Gasteiger partial charge in [-0.1, -0.05) is 41.9 Å². The lowest BCUT2D eigenvalue weighted by Gasteiger charge is -2.39. The van der Waals surface area contributed by atoms with Crippen LogP contribution in [0.4, 0.5) is 4.39 Å². The molecule has 2 heterocycles. The minimum Gasteiger partial charge on any atom is -0.480 e. The van der Waals surface area contributed by atoms with Gasteiger partial charge >= 0.3 is 0 Å². The SMILES string of the molecule is Fc1cc2c(c(Br)c1Cl)CC(c1ccccc1)(C1COCCN1)O2. The molecular formula is C18H16BrClFNO2. The Morgan fingerprint density at radius 1 is 1.29 bits per heavy atom. The van der Waals surface area contributed by atoms with Crippen molar-refractivity contribution in [3.63, 3.8) is 0 Å². The Labute approximate surface area is 153 Å². The number of fused-ring (bicyclic) bond motifs is 1. The fourth-order valence-corrected chi connectivity index (χ4v) is 4.20. The summed E-state index contributed by atoms with van der Waals surface area (Å²) in [6, 6.07) is 11.3. The van der Waals surface area contributed by atoms with E-state index in [-0.39, 0.29) is 11.1 Å². The lowest BCUT2D eigenvalue weighted by Crippen LogP contribution is -2.57. The first-order valence-corrected chi connectivity index (χ1v) is 9.01. The molecule has 2 aliphatic rings. The van der Waals surface area contributed by atoms with E-state index in [4.69, 9.17) is 21.1 Å². The first-order valence-electron chi connectivity index (χ1n) is 7.84. The van der Waals surface area contributed by atoms with E-state index in [1.165, 1.54) is 6.07 Å². The highest BCUT2D eigenvalue weighted by molar-refractivity contribution is 9.10. The van der Waals surface area contributed by atoms with Gasteiger partial charge in [-0.15, -0.1) is 0 Å². The molecule has 0 aliphatic carbocycles. The molecule has 2 atom stereocenters. The summed E-state index contributed by atoms with van der Waals surface area (Å²) in [4.78, 5) is 0.